The quantitative estimate of drug-likeness (QED) is 0.711. The standard InChI is InChI=1S/C12H12N4S/c1-2-6-10-13-14-12-16(10)15-11(17-12)9-7-4-3-5-8-9/h3-5,7-8H,2,6H2,1H3. The Bertz CT molecular complexity index is 626. The zero-order valence-corrected chi connectivity index (χ0v) is 10.3. The van der Waals surface area contributed by atoms with Crippen molar-refractivity contribution >= 4 is 16.3 Å². The Labute approximate surface area is 103 Å². The van der Waals surface area contributed by atoms with E-state index in [-0.39, 0.29) is 0 Å². The summed E-state index contributed by atoms with van der Waals surface area (Å²) >= 11 is 1.58. The van der Waals surface area contributed by atoms with Crippen LogP contribution in [-0.4, -0.2) is 19.8 Å². The van der Waals surface area contributed by atoms with Crippen LogP contribution in [0.2, 0.25) is 0 Å². The molecule has 0 saturated carbocycles. The van der Waals surface area contributed by atoms with Crippen LogP contribution in [0.3, 0.4) is 0 Å². The molecule has 0 amide bonds. The van der Waals surface area contributed by atoms with Gasteiger partial charge in [0, 0.05) is 12.0 Å². The number of aryl methyl sites for hydroxylation is 1. The number of hydrogen-bond donors (Lipinski definition) is 0. The molecule has 17 heavy (non-hydrogen) atoms. The molecule has 3 aromatic rings. The summed E-state index contributed by atoms with van der Waals surface area (Å²) in [6.45, 7) is 2.13. The van der Waals surface area contributed by atoms with Crippen molar-refractivity contribution in [3.05, 3.63) is 36.2 Å². The molecule has 0 aliphatic carbocycles. The molecule has 2 aromatic heterocycles. The molecule has 0 unspecified atom stereocenters. The Kier molecular flexibility index (Phi) is 2.60. The highest BCUT2D eigenvalue weighted by atomic mass is 32.1. The van der Waals surface area contributed by atoms with Gasteiger partial charge in [0.05, 0.1) is 0 Å². The maximum atomic E-state index is 4.57. The molecule has 5 heteroatoms. The molecular formula is C12H12N4S. The lowest BCUT2D eigenvalue weighted by atomic mass is 10.2. The zero-order valence-electron chi connectivity index (χ0n) is 9.50. The minimum atomic E-state index is 0.868. The third-order valence-electron chi connectivity index (χ3n) is 2.55. The van der Waals surface area contributed by atoms with Gasteiger partial charge in [-0.05, 0) is 6.42 Å². The first-order valence-corrected chi connectivity index (χ1v) is 6.46. The van der Waals surface area contributed by atoms with E-state index in [1.807, 2.05) is 22.7 Å². The molecule has 0 aliphatic heterocycles. The first kappa shape index (κ1) is 10.4. The lowest BCUT2D eigenvalue weighted by Gasteiger charge is -1.93. The van der Waals surface area contributed by atoms with E-state index in [0.717, 1.165) is 34.2 Å². The fourth-order valence-corrected chi connectivity index (χ4v) is 2.60. The van der Waals surface area contributed by atoms with E-state index in [1.54, 1.807) is 11.3 Å². The van der Waals surface area contributed by atoms with Crippen LogP contribution in [0.25, 0.3) is 15.5 Å². The Morgan fingerprint density at radius 2 is 2.00 bits per heavy atom. The van der Waals surface area contributed by atoms with Crippen LogP contribution < -0.4 is 0 Å². The number of benzene rings is 1. The molecule has 3 rings (SSSR count). The molecule has 2 heterocycles. The van der Waals surface area contributed by atoms with Gasteiger partial charge in [0.2, 0.25) is 4.96 Å². The number of hydrogen-bond acceptors (Lipinski definition) is 4. The number of rotatable bonds is 3. The highest BCUT2D eigenvalue weighted by Gasteiger charge is 2.11. The van der Waals surface area contributed by atoms with E-state index in [0.29, 0.717) is 0 Å². The number of aromatic nitrogens is 4. The molecule has 1 aromatic carbocycles. The van der Waals surface area contributed by atoms with Crippen LogP contribution in [0.5, 0.6) is 0 Å². The first-order chi connectivity index (χ1) is 8.38. The molecule has 4 nitrogen and oxygen atoms in total. The summed E-state index contributed by atoms with van der Waals surface area (Å²) in [6.07, 6.45) is 1.97. The topological polar surface area (TPSA) is 43.1 Å². The molecule has 86 valence electrons. The fourth-order valence-electron chi connectivity index (χ4n) is 1.73. The van der Waals surface area contributed by atoms with Crippen molar-refractivity contribution in [1.29, 1.82) is 0 Å². The predicted octanol–water partition coefficient (Wildman–Crippen LogP) is 2.81. The van der Waals surface area contributed by atoms with Crippen molar-refractivity contribution < 1.29 is 0 Å². The summed E-state index contributed by atoms with van der Waals surface area (Å²) in [4.78, 5) is 0.868. The molecule has 0 N–H and O–H groups in total. The smallest absolute Gasteiger partial charge is 0.187 e. The van der Waals surface area contributed by atoms with Crippen molar-refractivity contribution in [2.75, 3.05) is 0 Å². The zero-order chi connectivity index (χ0) is 11.7. The fraction of sp³-hybridized carbons (Fsp3) is 0.250. The number of fused-ring (bicyclic) bond motifs is 1. The van der Waals surface area contributed by atoms with Crippen molar-refractivity contribution in [2.45, 2.75) is 19.8 Å². The average molecular weight is 244 g/mol. The van der Waals surface area contributed by atoms with Gasteiger partial charge in [-0.2, -0.15) is 9.61 Å². The lowest BCUT2D eigenvalue weighted by Crippen LogP contribution is -1.95. The molecule has 0 radical (unpaired) electrons. The summed E-state index contributed by atoms with van der Waals surface area (Å²) < 4.78 is 1.86. The van der Waals surface area contributed by atoms with E-state index in [2.05, 4.69) is 34.4 Å². The Morgan fingerprint density at radius 3 is 2.76 bits per heavy atom. The third-order valence-corrected chi connectivity index (χ3v) is 3.50. The van der Waals surface area contributed by atoms with Crippen LogP contribution in [0, 0.1) is 0 Å². The van der Waals surface area contributed by atoms with Gasteiger partial charge >= 0.3 is 0 Å². The minimum Gasteiger partial charge on any atom is -0.187 e. The maximum absolute atomic E-state index is 4.57. The SMILES string of the molecule is CCCc1nnc2sc(-c3ccccc3)nn12. The molecule has 0 aliphatic rings. The van der Waals surface area contributed by atoms with Gasteiger partial charge in [-0.1, -0.05) is 48.6 Å². The van der Waals surface area contributed by atoms with E-state index in [4.69, 9.17) is 0 Å². The van der Waals surface area contributed by atoms with Gasteiger partial charge in [-0.25, -0.2) is 0 Å². The van der Waals surface area contributed by atoms with Crippen molar-refractivity contribution in [1.82, 2.24) is 19.8 Å². The minimum absolute atomic E-state index is 0.868. The van der Waals surface area contributed by atoms with Crippen LogP contribution in [0.4, 0.5) is 0 Å². The Hall–Kier alpha value is -1.75. The molecule has 0 fully saturated rings. The second-order valence-corrected chi connectivity index (χ2v) is 4.79. The highest BCUT2D eigenvalue weighted by Crippen LogP contribution is 2.25. The maximum Gasteiger partial charge on any atom is 0.234 e. The van der Waals surface area contributed by atoms with Crippen LogP contribution in [0.1, 0.15) is 19.2 Å². The molecule has 0 spiro atoms. The van der Waals surface area contributed by atoms with Crippen molar-refractivity contribution in [3.63, 3.8) is 0 Å². The highest BCUT2D eigenvalue weighted by molar-refractivity contribution is 7.19. The summed E-state index contributed by atoms with van der Waals surface area (Å²) in [5, 5.41) is 13.9. The van der Waals surface area contributed by atoms with Crippen LogP contribution in [0.15, 0.2) is 30.3 Å². The summed E-state index contributed by atoms with van der Waals surface area (Å²) in [5.74, 6) is 0.945. The van der Waals surface area contributed by atoms with Crippen molar-refractivity contribution in [3.8, 4) is 10.6 Å². The van der Waals surface area contributed by atoms with E-state index < -0.39 is 0 Å². The van der Waals surface area contributed by atoms with Gasteiger partial charge in [0.15, 0.2) is 5.82 Å². The molecule has 0 saturated heterocycles. The predicted molar refractivity (Wildman–Crippen MR) is 68.1 cm³/mol. The van der Waals surface area contributed by atoms with Gasteiger partial charge in [-0.15, -0.1) is 10.2 Å². The Morgan fingerprint density at radius 1 is 1.18 bits per heavy atom. The summed E-state index contributed by atoms with van der Waals surface area (Å²) in [7, 11) is 0. The molecule has 0 bridgehead atoms. The second kappa shape index (κ2) is 4.25. The van der Waals surface area contributed by atoms with E-state index in [9.17, 15) is 0 Å². The van der Waals surface area contributed by atoms with Crippen LogP contribution in [-0.2, 0) is 6.42 Å². The van der Waals surface area contributed by atoms with Gasteiger partial charge in [0.25, 0.3) is 0 Å². The molecular weight excluding hydrogens is 232 g/mol. The Balaban J connectivity index is 2.08. The largest absolute Gasteiger partial charge is 0.234 e. The lowest BCUT2D eigenvalue weighted by molar-refractivity contribution is 0.778. The molecule has 0 atom stereocenters. The summed E-state index contributed by atoms with van der Waals surface area (Å²) in [5.41, 5.74) is 1.13. The van der Waals surface area contributed by atoms with Gasteiger partial charge in [-0.3, -0.25) is 0 Å². The third kappa shape index (κ3) is 1.82. The van der Waals surface area contributed by atoms with E-state index >= 15 is 0 Å². The summed E-state index contributed by atoms with van der Waals surface area (Å²) in [6, 6.07) is 10.2. The second-order valence-electron chi connectivity index (χ2n) is 3.83. The van der Waals surface area contributed by atoms with Crippen LogP contribution >= 0.6 is 11.3 Å². The van der Waals surface area contributed by atoms with Crippen molar-refractivity contribution in [2.24, 2.45) is 0 Å². The monoisotopic (exact) mass is 244 g/mol. The van der Waals surface area contributed by atoms with E-state index in [1.165, 1.54) is 0 Å². The van der Waals surface area contributed by atoms with Gasteiger partial charge in [0.1, 0.15) is 5.01 Å². The first-order valence-electron chi connectivity index (χ1n) is 5.65. The van der Waals surface area contributed by atoms with Gasteiger partial charge < -0.3 is 0 Å². The number of nitrogens with zero attached hydrogens (tertiary/aromatic N) is 4. The average Bonchev–Trinajstić information content (AvgIpc) is 2.93. The normalized spacial score (nSPS) is 11.1.